The molecule has 2 fully saturated rings. The zero-order chi connectivity index (χ0) is 19.5. The van der Waals surface area contributed by atoms with Gasteiger partial charge in [-0.1, -0.05) is 13.3 Å². The molecule has 0 aliphatic carbocycles. The van der Waals surface area contributed by atoms with Crippen molar-refractivity contribution in [2.75, 3.05) is 11.9 Å². The lowest BCUT2D eigenvalue weighted by atomic mass is 9.76. The van der Waals surface area contributed by atoms with Crippen molar-refractivity contribution in [2.24, 2.45) is 11.8 Å². The first kappa shape index (κ1) is 18.1. The fourth-order valence-electron chi connectivity index (χ4n) is 4.71. The molecule has 3 heterocycles. The lowest BCUT2D eigenvalue weighted by molar-refractivity contribution is -0.143. The minimum Gasteiger partial charge on any atom is -0.392 e. The van der Waals surface area contributed by atoms with Gasteiger partial charge < -0.3 is 10.4 Å². The fraction of sp³-hybridized carbons (Fsp3) is 0.526. The second-order valence-corrected chi connectivity index (χ2v) is 7.55. The average Bonchev–Trinajstić information content (AvgIpc) is 3.20. The van der Waals surface area contributed by atoms with E-state index in [0.717, 1.165) is 6.42 Å². The number of unbranched alkanes of at least 4 members (excludes halogenated alkanes) is 1. The van der Waals surface area contributed by atoms with Gasteiger partial charge in [0.1, 0.15) is 11.4 Å². The molecule has 0 saturated carbocycles. The molecular weight excluding hydrogens is 353 g/mol. The number of halogens is 1. The van der Waals surface area contributed by atoms with Crippen LogP contribution in [0.4, 0.5) is 10.1 Å². The molecule has 0 aromatic heterocycles. The number of aliphatic hydroxyl groups excluding tert-OH is 1. The molecule has 5 atom stereocenters. The Morgan fingerprint density at radius 3 is 2.70 bits per heavy atom. The van der Waals surface area contributed by atoms with Gasteiger partial charge in [-0.3, -0.25) is 24.6 Å². The molecule has 4 rings (SSSR count). The number of benzene rings is 1. The lowest BCUT2D eigenvalue weighted by Crippen LogP contribution is -2.54. The van der Waals surface area contributed by atoms with Crippen LogP contribution in [0.25, 0.3) is 0 Å². The van der Waals surface area contributed by atoms with E-state index in [-0.39, 0.29) is 12.5 Å². The maximum atomic E-state index is 14.0. The van der Waals surface area contributed by atoms with Crippen LogP contribution in [0.5, 0.6) is 0 Å². The van der Waals surface area contributed by atoms with E-state index in [1.54, 1.807) is 0 Å². The van der Waals surface area contributed by atoms with Crippen LogP contribution in [0.2, 0.25) is 0 Å². The van der Waals surface area contributed by atoms with Crippen LogP contribution >= 0.6 is 0 Å². The Morgan fingerprint density at radius 2 is 2.04 bits per heavy atom. The quantitative estimate of drug-likeness (QED) is 0.674. The van der Waals surface area contributed by atoms with Crippen molar-refractivity contribution < 1.29 is 23.9 Å². The van der Waals surface area contributed by atoms with Crippen molar-refractivity contribution in [3.05, 3.63) is 29.6 Å². The summed E-state index contributed by atoms with van der Waals surface area (Å²) in [6.07, 6.45) is 0.503. The first-order valence-corrected chi connectivity index (χ1v) is 9.25. The Balaban J connectivity index is 1.86. The molecule has 144 valence electrons. The molecule has 3 N–H and O–H groups in total. The van der Waals surface area contributed by atoms with Crippen LogP contribution in [0.15, 0.2) is 18.2 Å². The summed E-state index contributed by atoms with van der Waals surface area (Å²) in [7, 11) is 0. The number of imide groups is 1. The van der Waals surface area contributed by atoms with Gasteiger partial charge in [0.25, 0.3) is 0 Å². The van der Waals surface area contributed by atoms with Crippen molar-refractivity contribution in [3.63, 3.8) is 0 Å². The van der Waals surface area contributed by atoms with Crippen molar-refractivity contribution in [1.29, 1.82) is 0 Å². The number of hydrogen-bond donors (Lipinski definition) is 3. The third-order valence-corrected chi connectivity index (χ3v) is 5.96. The third-order valence-electron chi connectivity index (χ3n) is 5.96. The number of nitrogens with one attached hydrogen (secondary N) is 2. The van der Waals surface area contributed by atoms with Crippen LogP contribution in [0.1, 0.15) is 32.3 Å². The first-order chi connectivity index (χ1) is 12.8. The Kier molecular flexibility index (Phi) is 4.08. The van der Waals surface area contributed by atoms with E-state index in [0.29, 0.717) is 17.7 Å². The molecule has 3 aliphatic heterocycles. The molecule has 7 nitrogen and oxygen atoms in total. The Bertz CT molecular complexity index is 842. The maximum Gasteiger partial charge on any atom is 0.250 e. The number of likely N-dealkylation sites (tertiary alicyclic amines) is 1. The second-order valence-electron chi connectivity index (χ2n) is 7.55. The minimum atomic E-state index is -1.56. The molecule has 1 aromatic rings. The third kappa shape index (κ3) is 2.29. The summed E-state index contributed by atoms with van der Waals surface area (Å²) in [4.78, 5) is 40.4. The van der Waals surface area contributed by atoms with E-state index in [4.69, 9.17) is 0 Å². The molecule has 3 amide bonds. The standard InChI is InChI=1S/C19H22FN3O4/c1-3-4-7-23-16(25)13-14(17(23)26)19(22-15(13)9(2)24)11-8-10(20)5-6-12(11)21-18(19)27/h5-6,8-9,13-15,22,24H,3-4,7H2,1-2H3,(H,21,27). The van der Waals surface area contributed by atoms with Crippen molar-refractivity contribution in [2.45, 2.75) is 44.4 Å². The van der Waals surface area contributed by atoms with Gasteiger partial charge in [-0.25, -0.2) is 4.39 Å². The number of aliphatic hydroxyl groups is 1. The normalized spacial score (nSPS) is 32.8. The molecule has 0 radical (unpaired) electrons. The summed E-state index contributed by atoms with van der Waals surface area (Å²) in [6.45, 7) is 3.75. The van der Waals surface area contributed by atoms with Crippen molar-refractivity contribution >= 4 is 23.4 Å². The molecule has 0 bridgehead atoms. The van der Waals surface area contributed by atoms with Crippen molar-refractivity contribution in [1.82, 2.24) is 10.2 Å². The number of amides is 3. The van der Waals surface area contributed by atoms with Gasteiger partial charge in [-0.05, 0) is 31.5 Å². The fourth-order valence-corrected chi connectivity index (χ4v) is 4.71. The van der Waals surface area contributed by atoms with Crippen LogP contribution in [0, 0.1) is 17.7 Å². The molecule has 2 saturated heterocycles. The van der Waals surface area contributed by atoms with Crippen molar-refractivity contribution in [3.8, 4) is 0 Å². The van der Waals surface area contributed by atoms with Gasteiger partial charge in [-0.15, -0.1) is 0 Å². The smallest absolute Gasteiger partial charge is 0.250 e. The molecule has 1 aromatic carbocycles. The topological polar surface area (TPSA) is 98.7 Å². The number of fused-ring (bicyclic) bond motifs is 4. The van der Waals surface area contributed by atoms with E-state index >= 15 is 0 Å². The van der Waals surface area contributed by atoms with Gasteiger partial charge in [0.15, 0.2) is 0 Å². The van der Waals surface area contributed by atoms with Gasteiger partial charge in [0.2, 0.25) is 17.7 Å². The maximum absolute atomic E-state index is 14.0. The highest BCUT2D eigenvalue weighted by Gasteiger charge is 2.71. The van der Waals surface area contributed by atoms with Crippen LogP contribution in [-0.4, -0.2) is 46.4 Å². The summed E-state index contributed by atoms with van der Waals surface area (Å²) < 4.78 is 14.0. The number of hydrogen-bond acceptors (Lipinski definition) is 5. The van der Waals surface area contributed by atoms with Crippen LogP contribution in [-0.2, 0) is 19.9 Å². The number of anilines is 1. The average molecular weight is 375 g/mol. The number of carbonyl (C=O) groups is 3. The summed E-state index contributed by atoms with van der Waals surface area (Å²) in [5.74, 6) is -3.74. The summed E-state index contributed by atoms with van der Waals surface area (Å²) in [5.41, 5.74) is -0.840. The summed E-state index contributed by atoms with van der Waals surface area (Å²) in [6, 6.07) is 3.11. The summed E-state index contributed by atoms with van der Waals surface area (Å²) >= 11 is 0. The molecule has 1 spiro atoms. The largest absolute Gasteiger partial charge is 0.392 e. The summed E-state index contributed by atoms with van der Waals surface area (Å²) in [5, 5.41) is 16.0. The van der Waals surface area contributed by atoms with E-state index in [1.807, 2.05) is 6.92 Å². The molecule has 8 heteroatoms. The highest BCUT2D eigenvalue weighted by Crippen LogP contribution is 2.53. The van der Waals surface area contributed by atoms with Gasteiger partial charge in [0, 0.05) is 23.8 Å². The predicted octanol–water partition coefficient (Wildman–Crippen LogP) is 0.727. The Labute approximate surface area is 155 Å². The van der Waals surface area contributed by atoms with E-state index in [2.05, 4.69) is 10.6 Å². The van der Waals surface area contributed by atoms with Gasteiger partial charge in [-0.2, -0.15) is 0 Å². The number of rotatable bonds is 4. The van der Waals surface area contributed by atoms with Crippen LogP contribution in [0.3, 0.4) is 0 Å². The SMILES string of the molecule is CCCCN1C(=O)C2C(C(C)O)NC3(C(=O)Nc4ccc(F)cc43)C2C1=O. The highest BCUT2D eigenvalue weighted by molar-refractivity contribution is 6.15. The van der Waals surface area contributed by atoms with Crippen LogP contribution < -0.4 is 10.6 Å². The van der Waals surface area contributed by atoms with Gasteiger partial charge in [0.05, 0.1) is 17.9 Å². The highest BCUT2D eigenvalue weighted by atomic mass is 19.1. The molecule has 27 heavy (non-hydrogen) atoms. The van der Waals surface area contributed by atoms with Gasteiger partial charge >= 0.3 is 0 Å². The lowest BCUT2D eigenvalue weighted by Gasteiger charge is -2.30. The van der Waals surface area contributed by atoms with E-state index < -0.39 is 47.2 Å². The molecular formula is C19H22FN3O4. The van der Waals surface area contributed by atoms with E-state index in [9.17, 15) is 23.9 Å². The predicted molar refractivity (Wildman–Crippen MR) is 93.9 cm³/mol. The Hall–Kier alpha value is -2.32. The molecule has 5 unspecified atom stereocenters. The van der Waals surface area contributed by atoms with E-state index in [1.165, 1.54) is 30.0 Å². The first-order valence-electron chi connectivity index (χ1n) is 9.25. The Morgan fingerprint density at radius 1 is 1.30 bits per heavy atom. The second kappa shape index (κ2) is 6.10. The zero-order valence-corrected chi connectivity index (χ0v) is 15.2. The molecule has 3 aliphatic rings. The number of carbonyl (C=O) groups excluding carboxylic acids is 3. The zero-order valence-electron chi connectivity index (χ0n) is 15.2. The monoisotopic (exact) mass is 375 g/mol. The minimum absolute atomic E-state index is 0.279. The number of nitrogens with zero attached hydrogens (tertiary/aromatic N) is 1.